The first-order valence-corrected chi connectivity index (χ1v) is 7.96. The number of carboxylic acid groups (broad SMARTS) is 1. The average molecular weight is 342 g/mol. The molecule has 0 saturated heterocycles. The number of phenols is 1. The lowest BCUT2D eigenvalue weighted by atomic mass is 10.2. The topological polar surface area (TPSA) is 104 Å². The molecule has 116 valence electrons. The van der Waals surface area contributed by atoms with Gasteiger partial charge < -0.3 is 10.2 Å². The summed E-state index contributed by atoms with van der Waals surface area (Å²) in [6.07, 6.45) is -0.189. The molecule has 0 radical (unpaired) electrons. The van der Waals surface area contributed by atoms with E-state index in [9.17, 15) is 18.3 Å². The highest BCUT2D eigenvalue weighted by Crippen LogP contribution is 2.28. The number of aromatic hydroxyl groups is 1. The minimum absolute atomic E-state index is 0.000914. The molecule has 0 atom stereocenters. The minimum atomic E-state index is -3.89. The van der Waals surface area contributed by atoms with Crippen LogP contribution in [-0.2, 0) is 21.2 Å². The number of sulfonamides is 1. The number of nitrogens with one attached hydrogen (secondary N) is 1. The Kier molecular flexibility index (Phi) is 4.58. The van der Waals surface area contributed by atoms with E-state index < -0.39 is 16.0 Å². The van der Waals surface area contributed by atoms with Crippen LogP contribution >= 0.6 is 11.6 Å². The number of hydrogen-bond donors (Lipinski definition) is 3. The van der Waals surface area contributed by atoms with E-state index >= 15 is 0 Å². The molecule has 8 heteroatoms. The Bertz CT molecular complexity index is 802. The first-order valence-electron chi connectivity index (χ1n) is 6.10. The average Bonchev–Trinajstić information content (AvgIpc) is 2.42. The highest BCUT2D eigenvalue weighted by Gasteiger charge is 2.16. The summed E-state index contributed by atoms with van der Waals surface area (Å²) >= 11 is 5.68. The van der Waals surface area contributed by atoms with Gasteiger partial charge in [0.05, 0.1) is 17.0 Å². The maximum Gasteiger partial charge on any atom is 0.307 e. The standard InChI is InChI=1S/C14H12ClNO5S/c15-10-3-6-12(13(17)8-10)16-22(20,21)11-4-1-9(2-5-11)7-14(18)19/h1-6,8,16-17H,7H2,(H,18,19). The van der Waals surface area contributed by atoms with Crippen LogP contribution in [0.5, 0.6) is 5.75 Å². The molecule has 3 N–H and O–H groups in total. The molecule has 2 rings (SSSR count). The number of anilines is 1. The van der Waals surface area contributed by atoms with Crippen LogP contribution in [0.25, 0.3) is 0 Å². The molecule has 2 aromatic carbocycles. The summed E-state index contributed by atoms with van der Waals surface area (Å²) in [5.74, 6) is -1.29. The second-order valence-corrected chi connectivity index (χ2v) is 6.60. The third-order valence-electron chi connectivity index (χ3n) is 2.79. The summed E-state index contributed by atoms with van der Waals surface area (Å²) in [4.78, 5) is 10.5. The third kappa shape index (κ3) is 3.90. The molecule has 0 aliphatic heterocycles. The van der Waals surface area contributed by atoms with Crippen LogP contribution in [0.2, 0.25) is 5.02 Å². The summed E-state index contributed by atoms with van der Waals surface area (Å²) in [7, 11) is -3.89. The lowest BCUT2D eigenvalue weighted by Gasteiger charge is -2.10. The summed E-state index contributed by atoms with van der Waals surface area (Å²) in [6, 6.07) is 9.44. The quantitative estimate of drug-likeness (QED) is 0.725. The lowest BCUT2D eigenvalue weighted by molar-refractivity contribution is -0.136. The molecule has 0 aromatic heterocycles. The van der Waals surface area contributed by atoms with Gasteiger partial charge in [-0.05, 0) is 29.8 Å². The largest absolute Gasteiger partial charge is 0.506 e. The van der Waals surface area contributed by atoms with Crippen molar-refractivity contribution >= 4 is 33.3 Å². The Morgan fingerprint density at radius 1 is 1.14 bits per heavy atom. The molecule has 2 aromatic rings. The molecule has 0 saturated carbocycles. The van der Waals surface area contributed by atoms with Crippen LogP contribution in [0.3, 0.4) is 0 Å². The van der Waals surface area contributed by atoms with E-state index in [4.69, 9.17) is 16.7 Å². The lowest BCUT2D eigenvalue weighted by Crippen LogP contribution is -2.13. The molecule has 0 spiro atoms. The molecule has 0 amide bonds. The number of benzene rings is 2. The Hall–Kier alpha value is -2.25. The summed E-state index contributed by atoms with van der Waals surface area (Å²) in [5.41, 5.74) is 0.486. The Labute approximate surface area is 132 Å². The van der Waals surface area contributed by atoms with Crippen molar-refractivity contribution in [2.75, 3.05) is 4.72 Å². The molecule has 0 aliphatic rings. The van der Waals surface area contributed by atoms with Crippen LogP contribution in [0.1, 0.15) is 5.56 Å². The molecular formula is C14H12ClNO5S. The normalized spacial score (nSPS) is 11.1. The first-order chi connectivity index (χ1) is 10.3. The van der Waals surface area contributed by atoms with E-state index in [0.717, 1.165) is 0 Å². The zero-order chi connectivity index (χ0) is 16.3. The van der Waals surface area contributed by atoms with Crippen molar-refractivity contribution in [1.29, 1.82) is 0 Å². The second-order valence-electron chi connectivity index (χ2n) is 4.48. The SMILES string of the molecule is O=C(O)Cc1ccc(S(=O)(=O)Nc2ccc(Cl)cc2O)cc1. The minimum Gasteiger partial charge on any atom is -0.506 e. The van der Waals surface area contributed by atoms with Crippen LogP contribution in [0.15, 0.2) is 47.4 Å². The highest BCUT2D eigenvalue weighted by atomic mass is 35.5. The smallest absolute Gasteiger partial charge is 0.307 e. The van der Waals surface area contributed by atoms with Gasteiger partial charge in [0, 0.05) is 11.1 Å². The molecule has 0 fully saturated rings. The van der Waals surface area contributed by atoms with Gasteiger partial charge >= 0.3 is 5.97 Å². The van der Waals surface area contributed by atoms with Gasteiger partial charge in [0.2, 0.25) is 0 Å². The molecule has 22 heavy (non-hydrogen) atoms. The zero-order valence-corrected chi connectivity index (χ0v) is 12.7. The van der Waals surface area contributed by atoms with Gasteiger partial charge in [-0.15, -0.1) is 0 Å². The Morgan fingerprint density at radius 3 is 2.32 bits per heavy atom. The van der Waals surface area contributed by atoms with Crippen molar-refractivity contribution in [2.45, 2.75) is 11.3 Å². The van der Waals surface area contributed by atoms with Crippen LogP contribution in [0.4, 0.5) is 5.69 Å². The van der Waals surface area contributed by atoms with Gasteiger partial charge in [0.15, 0.2) is 0 Å². The Balaban J connectivity index is 2.24. The number of hydrogen-bond acceptors (Lipinski definition) is 4. The van der Waals surface area contributed by atoms with Gasteiger partial charge in [-0.1, -0.05) is 23.7 Å². The summed E-state index contributed by atoms with van der Waals surface area (Å²) in [5, 5.41) is 18.6. The van der Waals surface area contributed by atoms with E-state index in [1.54, 1.807) is 0 Å². The summed E-state index contributed by atoms with van der Waals surface area (Å²) < 4.78 is 26.6. The zero-order valence-electron chi connectivity index (χ0n) is 11.2. The predicted octanol–water partition coefficient (Wildman–Crippen LogP) is 2.47. The molecule has 0 bridgehead atoms. The molecular weight excluding hydrogens is 330 g/mol. The van der Waals surface area contributed by atoms with Crippen LogP contribution in [0, 0.1) is 0 Å². The number of rotatable bonds is 5. The number of phenolic OH excluding ortho intramolecular Hbond substituents is 1. The van der Waals surface area contributed by atoms with Gasteiger partial charge in [0.1, 0.15) is 5.75 Å². The van der Waals surface area contributed by atoms with Crippen molar-refractivity contribution in [3.63, 3.8) is 0 Å². The fraction of sp³-hybridized carbons (Fsp3) is 0.0714. The number of halogens is 1. The maximum absolute atomic E-state index is 12.2. The van der Waals surface area contributed by atoms with E-state index in [1.807, 2.05) is 0 Å². The van der Waals surface area contributed by atoms with E-state index in [0.29, 0.717) is 5.56 Å². The van der Waals surface area contributed by atoms with Crippen LogP contribution in [-0.4, -0.2) is 24.6 Å². The number of aliphatic carboxylic acids is 1. The molecule has 6 nitrogen and oxygen atoms in total. The van der Waals surface area contributed by atoms with Crippen LogP contribution < -0.4 is 4.72 Å². The van der Waals surface area contributed by atoms with Crippen molar-refractivity contribution < 1.29 is 23.4 Å². The Morgan fingerprint density at radius 2 is 1.77 bits per heavy atom. The van der Waals surface area contributed by atoms with E-state index in [1.165, 1.54) is 42.5 Å². The monoisotopic (exact) mass is 341 g/mol. The van der Waals surface area contributed by atoms with Gasteiger partial charge in [-0.2, -0.15) is 0 Å². The van der Waals surface area contributed by atoms with Crippen molar-refractivity contribution in [3.05, 3.63) is 53.1 Å². The fourth-order valence-corrected chi connectivity index (χ4v) is 3.00. The highest BCUT2D eigenvalue weighted by molar-refractivity contribution is 7.92. The molecule has 0 heterocycles. The predicted molar refractivity (Wildman–Crippen MR) is 81.7 cm³/mol. The molecule has 0 unspecified atom stereocenters. The molecule has 0 aliphatic carbocycles. The van der Waals surface area contributed by atoms with E-state index in [2.05, 4.69) is 4.72 Å². The van der Waals surface area contributed by atoms with Crippen molar-refractivity contribution in [2.24, 2.45) is 0 Å². The van der Waals surface area contributed by atoms with Gasteiger partial charge in [-0.25, -0.2) is 8.42 Å². The van der Waals surface area contributed by atoms with Gasteiger partial charge in [-0.3, -0.25) is 9.52 Å². The second kappa shape index (κ2) is 6.25. The summed E-state index contributed by atoms with van der Waals surface area (Å²) in [6.45, 7) is 0. The first kappa shape index (κ1) is 16.1. The van der Waals surface area contributed by atoms with Crippen molar-refractivity contribution in [3.8, 4) is 5.75 Å². The fourth-order valence-electron chi connectivity index (χ4n) is 1.76. The number of carbonyl (C=O) groups is 1. The van der Waals surface area contributed by atoms with Crippen molar-refractivity contribution in [1.82, 2.24) is 0 Å². The third-order valence-corrected chi connectivity index (χ3v) is 4.41. The maximum atomic E-state index is 12.2. The number of carboxylic acids is 1. The van der Waals surface area contributed by atoms with Gasteiger partial charge in [0.25, 0.3) is 10.0 Å². The van der Waals surface area contributed by atoms with E-state index in [-0.39, 0.29) is 27.8 Å².